The minimum absolute atomic E-state index is 0.164. The maximum atomic E-state index is 10.1. The van der Waals surface area contributed by atoms with Crippen LogP contribution in [0.3, 0.4) is 0 Å². The van der Waals surface area contributed by atoms with Crippen LogP contribution in [0.4, 0.5) is 0 Å². The van der Waals surface area contributed by atoms with Crippen molar-refractivity contribution < 1.29 is 9.84 Å². The number of aliphatic hydroxyl groups is 1. The largest absolute Gasteiger partial charge is 0.390 e. The van der Waals surface area contributed by atoms with Crippen LogP contribution in [0, 0.1) is 5.41 Å². The van der Waals surface area contributed by atoms with E-state index in [0.717, 1.165) is 65.1 Å². The number of nitrogens with one attached hydrogen (secondary N) is 1. The molecule has 2 aliphatic rings. The van der Waals surface area contributed by atoms with E-state index >= 15 is 0 Å². The molecule has 2 saturated heterocycles. The van der Waals surface area contributed by atoms with Crippen LogP contribution in [0.25, 0.3) is 0 Å². The SMILES string of the molecule is CC1(O)CCN(CC2(CNC(C)(C)C)CCOCC2)CC1. The summed E-state index contributed by atoms with van der Waals surface area (Å²) >= 11 is 0. The summed E-state index contributed by atoms with van der Waals surface area (Å²) in [5.41, 5.74) is 0.0363. The maximum Gasteiger partial charge on any atom is 0.0644 e. The van der Waals surface area contributed by atoms with Gasteiger partial charge in [-0.25, -0.2) is 0 Å². The van der Waals surface area contributed by atoms with Gasteiger partial charge in [-0.15, -0.1) is 0 Å². The normalized spacial score (nSPS) is 26.7. The third-order valence-electron chi connectivity index (χ3n) is 5.04. The molecule has 0 atom stereocenters. The Balaban J connectivity index is 1.93. The van der Waals surface area contributed by atoms with Crippen LogP contribution in [0.2, 0.25) is 0 Å². The highest BCUT2D eigenvalue weighted by atomic mass is 16.5. The lowest BCUT2D eigenvalue weighted by Crippen LogP contribution is -2.53. The van der Waals surface area contributed by atoms with Crippen molar-refractivity contribution in [1.82, 2.24) is 10.2 Å². The molecule has 4 heteroatoms. The van der Waals surface area contributed by atoms with E-state index in [9.17, 15) is 5.11 Å². The highest BCUT2D eigenvalue weighted by Gasteiger charge is 2.37. The molecule has 2 N–H and O–H groups in total. The van der Waals surface area contributed by atoms with Crippen molar-refractivity contribution in [2.24, 2.45) is 5.41 Å². The van der Waals surface area contributed by atoms with Crippen molar-refractivity contribution in [2.75, 3.05) is 39.4 Å². The molecule has 0 unspecified atom stereocenters. The highest BCUT2D eigenvalue weighted by Crippen LogP contribution is 2.33. The molecule has 4 nitrogen and oxygen atoms in total. The Hall–Kier alpha value is -0.160. The summed E-state index contributed by atoms with van der Waals surface area (Å²) in [6.07, 6.45) is 4.07. The molecule has 0 amide bonds. The summed E-state index contributed by atoms with van der Waals surface area (Å²) in [6.45, 7) is 14.7. The molecule has 0 aromatic carbocycles. The van der Waals surface area contributed by atoms with Crippen molar-refractivity contribution in [3.63, 3.8) is 0 Å². The number of ether oxygens (including phenoxy) is 1. The van der Waals surface area contributed by atoms with Gasteiger partial charge >= 0.3 is 0 Å². The lowest BCUT2D eigenvalue weighted by Gasteiger charge is -2.45. The van der Waals surface area contributed by atoms with Crippen LogP contribution in [-0.2, 0) is 4.74 Å². The first-order valence-electron chi connectivity index (χ1n) is 8.47. The van der Waals surface area contributed by atoms with Gasteiger partial charge in [-0.2, -0.15) is 0 Å². The Morgan fingerprint density at radius 2 is 1.67 bits per heavy atom. The van der Waals surface area contributed by atoms with Gasteiger partial charge in [0.1, 0.15) is 0 Å². The van der Waals surface area contributed by atoms with Crippen LogP contribution in [-0.4, -0.2) is 60.5 Å². The van der Waals surface area contributed by atoms with Crippen molar-refractivity contribution in [3.05, 3.63) is 0 Å². The summed E-state index contributed by atoms with van der Waals surface area (Å²) in [7, 11) is 0. The molecule has 0 spiro atoms. The van der Waals surface area contributed by atoms with Crippen LogP contribution >= 0.6 is 0 Å². The average Bonchev–Trinajstić information content (AvgIpc) is 2.40. The molecule has 0 aromatic rings. The minimum Gasteiger partial charge on any atom is -0.390 e. The molecule has 124 valence electrons. The molecular weight excluding hydrogens is 264 g/mol. The topological polar surface area (TPSA) is 44.7 Å². The van der Waals surface area contributed by atoms with E-state index in [1.807, 2.05) is 6.92 Å². The van der Waals surface area contributed by atoms with Gasteiger partial charge in [0.2, 0.25) is 0 Å². The third-order valence-corrected chi connectivity index (χ3v) is 5.04. The first kappa shape index (κ1) is 17.2. The molecule has 0 bridgehead atoms. The molecule has 2 fully saturated rings. The summed E-state index contributed by atoms with van der Waals surface area (Å²) in [5, 5.41) is 13.8. The van der Waals surface area contributed by atoms with E-state index in [1.165, 1.54) is 0 Å². The fourth-order valence-electron chi connectivity index (χ4n) is 3.32. The quantitative estimate of drug-likeness (QED) is 0.833. The van der Waals surface area contributed by atoms with E-state index in [1.54, 1.807) is 0 Å². The first-order valence-corrected chi connectivity index (χ1v) is 8.47. The molecule has 0 radical (unpaired) electrons. The maximum absolute atomic E-state index is 10.1. The van der Waals surface area contributed by atoms with Gasteiger partial charge in [0.15, 0.2) is 0 Å². The minimum atomic E-state index is -0.455. The van der Waals surface area contributed by atoms with Gasteiger partial charge < -0.3 is 20.1 Å². The van der Waals surface area contributed by atoms with E-state index < -0.39 is 5.60 Å². The second-order valence-corrected chi connectivity index (χ2v) is 8.49. The lowest BCUT2D eigenvalue weighted by atomic mass is 9.78. The Bertz CT molecular complexity index is 320. The van der Waals surface area contributed by atoms with Crippen LogP contribution in [0.15, 0.2) is 0 Å². The Labute approximate surface area is 130 Å². The number of hydrogen-bond donors (Lipinski definition) is 2. The zero-order valence-corrected chi connectivity index (χ0v) is 14.4. The zero-order chi connectivity index (χ0) is 15.6. The average molecular weight is 298 g/mol. The summed E-state index contributed by atoms with van der Waals surface area (Å²) in [6, 6.07) is 0. The van der Waals surface area contributed by atoms with Crippen molar-refractivity contribution >= 4 is 0 Å². The number of nitrogens with zero attached hydrogens (tertiary/aromatic N) is 1. The monoisotopic (exact) mass is 298 g/mol. The van der Waals surface area contributed by atoms with Gasteiger partial charge in [0.05, 0.1) is 5.60 Å². The van der Waals surface area contributed by atoms with Gasteiger partial charge in [-0.05, 0) is 58.8 Å². The predicted molar refractivity (Wildman–Crippen MR) is 86.5 cm³/mol. The number of likely N-dealkylation sites (tertiary alicyclic amines) is 1. The third kappa shape index (κ3) is 5.51. The molecular formula is C17H34N2O2. The molecule has 2 aliphatic heterocycles. The predicted octanol–water partition coefficient (Wildman–Crippen LogP) is 2.02. The molecule has 21 heavy (non-hydrogen) atoms. The number of rotatable bonds is 4. The Morgan fingerprint density at radius 3 is 2.19 bits per heavy atom. The molecule has 2 heterocycles. The van der Waals surface area contributed by atoms with Gasteiger partial charge in [-0.1, -0.05) is 0 Å². The zero-order valence-electron chi connectivity index (χ0n) is 14.4. The van der Waals surface area contributed by atoms with E-state index in [2.05, 4.69) is 31.0 Å². The highest BCUT2D eigenvalue weighted by molar-refractivity contribution is 4.91. The molecule has 2 rings (SSSR count). The van der Waals surface area contributed by atoms with E-state index in [4.69, 9.17) is 4.74 Å². The summed E-state index contributed by atoms with van der Waals surface area (Å²) in [4.78, 5) is 2.55. The summed E-state index contributed by atoms with van der Waals surface area (Å²) in [5.74, 6) is 0. The lowest BCUT2D eigenvalue weighted by molar-refractivity contribution is -0.0401. The van der Waals surface area contributed by atoms with Crippen molar-refractivity contribution in [1.29, 1.82) is 0 Å². The first-order chi connectivity index (χ1) is 9.70. The van der Waals surface area contributed by atoms with Gasteiger partial charge in [0.25, 0.3) is 0 Å². The van der Waals surface area contributed by atoms with Crippen LogP contribution < -0.4 is 5.32 Å². The molecule has 0 aliphatic carbocycles. The van der Waals surface area contributed by atoms with Crippen LogP contribution in [0.1, 0.15) is 53.4 Å². The number of piperidine rings is 1. The van der Waals surface area contributed by atoms with E-state index in [-0.39, 0.29) is 5.54 Å². The second kappa shape index (κ2) is 6.53. The van der Waals surface area contributed by atoms with Crippen molar-refractivity contribution in [3.8, 4) is 0 Å². The van der Waals surface area contributed by atoms with Crippen molar-refractivity contribution in [2.45, 2.75) is 64.5 Å². The fourth-order valence-corrected chi connectivity index (χ4v) is 3.32. The fraction of sp³-hybridized carbons (Fsp3) is 1.00. The van der Waals surface area contributed by atoms with Crippen LogP contribution in [0.5, 0.6) is 0 Å². The Morgan fingerprint density at radius 1 is 1.10 bits per heavy atom. The standard InChI is InChI=1S/C17H34N2O2/c1-15(2,3)18-13-17(7-11-21-12-8-17)14-19-9-5-16(4,20)6-10-19/h18,20H,5-14H2,1-4H3. The second-order valence-electron chi connectivity index (χ2n) is 8.49. The smallest absolute Gasteiger partial charge is 0.0644 e. The van der Waals surface area contributed by atoms with Gasteiger partial charge in [-0.3, -0.25) is 0 Å². The molecule has 0 aromatic heterocycles. The van der Waals surface area contributed by atoms with E-state index in [0.29, 0.717) is 5.41 Å². The molecule has 0 saturated carbocycles. The van der Waals surface area contributed by atoms with Gasteiger partial charge in [0, 0.05) is 44.9 Å². The number of hydrogen-bond acceptors (Lipinski definition) is 4. The Kier molecular flexibility index (Phi) is 5.35. The summed E-state index contributed by atoms with van der Waals surface area (Å²) < 4.78 is 5.59.